The zero-order valence-electron chi connectivity index (χ0n) is 12.0. The Kier molecular flexibility index (Phi) is 4.85. The number of benzene rings is 2. The third kappa shape index (κ3) is 3.64. The minimum absolute atomic E-state index is 0.229. The second-order valence-corrected chi connectivity index (χ2v) is 6.21. The monoisotopic (exact) mass is 285 g/mol. The number of hydrogen-bond acceptors (Lipinski definition) is 1. The summed E-state index contributed by atoms with van der Waals surface area (Å²) < 4.78 is 16.8. The molecule has 2 nitrogen and oxygen atoms in total. The SMILES string of the molecule is Cc1ccc([S@](=O)N=C(c2ccccc2)C(C)C)cc1. The summed E-state index contributed by atoms with van der Waals surface area (Å²) in [7, 11) is -1.35. The van der Waals surface area contributed by atoms with Gasteiger partial charge in [0.05, 0.1) is 10.6 Å². The summed E-state index contributed by atoms with van der Waals surface area (Å²) in [5, 5.41) is 0. The molecule has 0 spiro atoms. The smallest absolute Gasteiger partial charge is 0.172 e. The Bertz CT molecular complexity index is 615. The standard InChI is InChI=1S/C17H19NOS/c1-13(2)17(15-7-5-4-6-8-15)18-20(19)16-11-9-14(3)10-12-16/h4-13H,1-3H3/t20-/m0/s1. The van der Waals surface area contributed by atoms with Crippen LogP contribution in [-0.2, 0) is 11.0 Å². The van der Waals surface area contributed by atoms with Gasteiger partial charge in [0.1, 0.15) is 0 Å². The number of rotatable bonds is 4. The first-order valence-electron chi connectivity index (χ1n) is 6.70. The average molecular weight is 285 g/mol. The molecule has 0 amide bonds. The fourth-order valence-corrected chi connectivity index (χ4v) is 2.87. The first-order chi connectivity index (χ1) is 9.58. The highest BCUT2D eigenvalue weighted by Crippen LogP contribution is 2.15. The molecule has 0 N–H and O–H groups in total. The Hall–Kier alpha value is -1.74. The van der Waals surface area contributed by atoms with Crippen LogP contribution in [0, 0.1) is 12.8 Å². The topological polar surface area (TPSA) is 29.4 Å². The van der Waals surface area contributed by atoms with Gasteiger partial charge in [0, 0.05) is 0 Å². The third-order valence-electron chi connectivity index (χ3n) is 3.02. The summed E-state index contributed by atoms with van der Waals surface area (Å²) >= 11 is 0. The molecule has 0 unspecified atom stereocenters. The molecular weight excluding hydrogens is 266 g/mol. The second kappa shape index (κ2) is 6.62. The van der Waals surface area contributed by atoms with E-state index in [1.165, 1.54) is 0 Å². The van der Waals surface area contributed by atoms with Crippen LogP contribution in [0.2, 0.25) is 0 Å². The lowest BCUT2D eigenvalue weighted by atomic mass is 10.0. The summed E-state index contributed by atoms with van der Waals surface area (Å²) in [6, 6.07) is 17.6. The zero-order valence-corrected chi connectivity index (χ0v) is 12.9. The van der Waals surface area contributed by atoms with Crippen LogP contribution in [0.5, 0.6) is 0 Å². The highest BCUT2D eigenvalue weighted by Gasteiger charge is 2.11. The molecule has 0 saturated heterocycles. The van der Waals surface area contributed by atoms with Gasteiger partial charge in [0.2, 0.25) is 0 Å². The van der Waals surface area contributed by atoms with Crippen LogP contribution in [0.25, 0.3) is 0 Å². The van der Waals surface area contributed by atoms with Gasteiger partial charge in [0.15, 0.2) is 11.0 Å². The summed E-state index contributed by atoms with van der Waals surface area (Å²) in [5.74, 6) is 0.229. The molecule has 3 heteroatoms. The van der Waals surface area contributed by atoms with Gasteiger partial charge in [0.25, 0.3) is 0 Å². The van der Waals surface area contributed by atoms with E-state index in [0.717, 1.165) is 21.7 Å². The third-order valence-corrected chi connectivity index (χ3v) is 4.06. The van der Waals surface area contributed by atoms with Crippen LogP contribution in [0.4, 0.5) is 0 Å². The summed E-state index contributed by atoms with van der Waals surface area (Å²) in [6.07, 6.45) is 0. The van der Waals surface area contributed by atoms with Crippen molar-refractivity contribution in [2.24, 2.45) is 10.3 Å². The van der Waals surface area contributed by atoms with Gasteiger partial charge in [-0.1, -0.05) is 61.9 Å². The van der Waals surface area contributed by atoms with Crippen LogP contribution < -0.4 is 0 Å². The van der Waals surface area contributed by atoms with Gasteiger partial charge >= 0.3 is 0 Å². The van der Waals surface area contributed by atoms with Crippen LogP contribution in [-0.4, -0.2) is 9.92 Å². The number of hydrogen-bond donors (Lipinski definition) is 0. The lowest BCUT2D eigenvalue weighted by Crippen LogP contribution is -2.10. The molecule has 0 saturated carbocycles. The van der Waals surface area contributed by atoms with Gasteiger partial charge in [-0.15, -0.1) is 0 Å². The fourth-order valence-electron chi connectivity index (χ4n) is 1.90. The van der Waals surface area contributed by atoms with E-state index in [2.05, 4.69) is 18.2 Å². The van der Waals surface area contributed by atoms with Crippen LogP contribution in [0.15, 0.2) is 63.9 Å². The van der Waals surface area contributed by atoms with E-state index in [1.807, 2.05) is 61.5 Å². The molecule has 2 aromatic carbocycles. The lowest BCUT2D eigenvalue weighted by Gasteiger charge is -2.10. The van der Waals surface area contributed by atoms with Gasteiger partial charge in [-0.2, -0.15) is 4.40 Å². The molecule has 0 aliphatic carbocycles. The molecule has 0 radical (unpaired) electrons. The molecule has 20 heavy (non-hydrogen) atoms. The molecule has 0 aliphatic rings. The molecule has 104 valence electrons. The number of nitrogens with zero attached hydrogens (tertiary/aromatic N) is 1. The van der Waals surface area contributed by atoms with Crippen molar-refractivity contribution in [3.8, 4) is 0 Å². The molecule has 2 aromatic rings. The highest BCUT2D eigenvalue weighted by atomic mass is 32.2. The fraction of sp³-hybridized carbons (Fsp3) is 0.235. The van der Waals surface area contributed by atoms with Crippen molar-refractivity contribution in [1.29, 1.82) is 0 Å². The lowest BCUT2D eigenvalue weighted by molar-refractivity contribution is 0.684. The largest absolute Gasteiger partial charge is 0.229 e. The minimum Gasteiger partial charge on any atom is -0.229 e. The van der Waals surface area contributed by atoms with Gasteiger partial charge < -0.3 is 0 Å². The molecule has 0 bridgehead atoms. The van der Waals surface area contributed by atoms with E-state index in [0.29, 0.717) is 0 Å². The Morgan fingerprint density at radius 1 is 1.00 bits per heavy atom. The zero-order chi connectivity index (χ0) is 14.5. The predicted molar refractivity (Wildman–Crippen MR) is 85.4 cm³/mol. The summed E-state index contributed by atoms with van der Waals surface area (Å²) in [6.45, 7) is 6.15. The quantitative estimate of drug-likeness (QED) is 0.775. The van der Waals surface area contributed by atoms with Crippen molar-refractivity contribution in [2.45, 2.75) is 25.7 Å². The van der Waals surface area contributed by atoms with E-state index >= 15 is 0 Å². The minimum atomic E-state index is -1.35. The van der Waals surface area contributed by atoms with Gasteiger partial charge in [-0.25, -0.2) is 4.21 Å². The Labute approximate surface area is 123 Å². The van der Waals surface area contributed by atoms with E-state index < -0.39 is 11.0 Å². The van der Waals surface area contributed by atoms with E-state index in [1.54, 1.807) is 0 Å². The average Bonchev–Trinajstić information content (AvgIpc) is 2.46. The van der Waals surface area contributed by atoms with E-state index in [-0.39, 0.29) is 5.92 Å². The van der Waals surface area contributed by atoms with Crippen molar-refractivity contribution < 1.29 is 4.21 Å². The highest BCUT2D eigenvalue weighted by molar-refractivity contribution is 7.84. The van der Waals surface area contributed by atoms with E-state index in [4.69, 9.17) is 0 Å². The maximum atomic E-state index is 12.4. The van der Waals surface area contributed by atoms with Crippen molar-refractivity contribution in [3.63, 3.8) is 0 Å². The maximum Gasteiger partial charge on any atom is 0.172 e. The van der Waals surface area contributed by atoms with Crippen molar-refractivity contribution in [3.05, 3.63) is 65.7 Å². The first kappa shape index (κ1) is 14.7. The summed E-state index contributed by atoms with van der Waals surface area (Å²) in [5.41, 5.74) is 3.06. The van der Waals surface area contributed by atoms with Gasteiger partial charge in [-0.05, 0) is 30.5 Å². The Balaban J connectivity index is 2.34. The molecule has 0 aromatic heterocycles. The number of aryl methyl sites for hydroxylation is 1. The van der Waals surface area contributed by atoms with Gasteiger partial charge in [-0.3, -0.25) is 0 Å². The van der Waals surface area contributed by atoms with Crippen molar-refractivity contribution in [2.75, 3.05) is 0 Å². The first-order valence-corrected chi connectivity index (χ1v) is 7.81. The maximum absolute atomic E-state index is 12.4. The summed E-state index contributed by atoms with van der Waals surface area (Å²) in [4.78, 5) is 0.740. The molecular formula is C17H19NOS. The van der Waals surface area contributed by atoms with E-state index in [9.17, 15) is 4.21 Å². The normalized spacial score (nSPS) is 13.5. The van der Waals surface area contributed by atoms with Crippen LogP contribution in [0.1, 0.15) is 25.0 Å². The molecule has 2 rings (SSSR count). The van der Waals surface area contributed by atoms with Crippen molar-refractivity contribution >= 4 is 16.7 Å². The molecule has 1 atom stereocenters. The van der Waals surface area contributed by atoms with Crippen LogP contribution >= 0.6 is 0 Å². The molecule has 0 heterocycles. The second-order valence-electron chi connectivity index (χ2n) is 5.06. The Morgan fingerprint density at radius 3 is 2.15 bits per heavy atom. The predicted octanol–water partition coefficient (Wildman–Crippen LogP) is 4.16. The molecule has 0 aliphatic heterocycles. The molecule has 0 fully saturated rings. The van der Waals surface area contributed by atoms with Crippen LogP contribution in [0.3, 0.4) is 0 Å². The Morgan fingerprint density at radius 2 is 1.60 bits per heavy atom. The van der Waals surface area contributed by atoms with Crippen molar-refractivity contribution in [1.82, 2.24) is 0 Å².